The maximum atomic E-state index is 14.3. The first-order chi connectivity index (χ1) is 19.9. The van der Waals surface area contributed by atoms with Gasteiger partial charge in [0, 0.05) is 13.1 Å². The smallest absolute Gasteiger partial charge is 0.408 e. The van der Waals surface area contributed by atoms with Crippen molar-refractivity contribution in [2.45, 2.75) is 84.5 Å². The lowest BCUT2D eigenvalue weighted by molar-refractivity contribution is -0.144. The largest absolute Gasteiger partial charge is 0.447 e. The molecule has 0 aromatic heterocycles. The fraction of sp³-hybridized carbons (Fsp3) is 0.594. The van der Waals surface area contributed by atoms with Crippen molar-refractivity contribution in [1.29, 1.82) is 0 Å². The van der Waals surface area contributed by atoms with E-state index in [1.54, 1.807) is 18.7 Å². The number of benzene rings is 1. The van der Waals surface area contributed by atoms with Crippen LogP contribution in [-0.4, -0.2) is 71.8 Å². The predicted octanol–water partition coefficient (Wildman–Crippen LogP) is 2.54. The number of amides is 4. The summed E-state index contributed by atoms with van der Waals surface area (Å²) in [6, 6.07) is 5.25. The zero-order valence-electron chi connectivity index (χ0n) is 25.3. The van der Waals surface area contributed by atoms with E-state index in [4.69, 9.17) is 4.74 Å². The highest BCUT2D eigenvalue weighted by Crippen LogP contribution is 2.65. The molecule has 1 aromatic rings. The Kier molecular flexibility index (Phi) is 9.43. The maximum absolute atomic E-state index is 14.3. The maximum Gasteiger partial charge on any atom is 0.408 e. The van der Waals surface area contributed by atoms with Gasteiger partial charge in [-0.1, -0.05) is 57.5 Å². The number of ether oxygens (including phenoxy) is 1. The molecule has 4 rings (SSSR count). The third-order valence-electron chi connectivity index (χ3n) is 9.04. The van der Waals surface area contributed by atoms with Crippen LogP contribution >= 0.6 is 0 Å². The van der Waals surface area contributed by atoms with Crippen molar-refractivity contribution in [1.82, 2.24) is 20.9 Å². The number of fused-ring (bicyclic) bond motifs is 2. The Morgan fingerprint density at radius 2 is 1.74 bits per heavy atom. The quantitative estimate of drug-likeness (QED) is 0.257. The molecule has 3 N–H and O–H groups in total. The number of hydrogen-bond acceptors (Lipinski definition) is 6. The molecule has 2 aliphatic carbocycles. The molecule has 0 radical (unpaired) electrons. The molecule has 0 spiro atoms. The van der Waals surface area contributed by atoms with Gasteiger partial charge in [0.2, 0.25) is 17.6 Å². The number of hydrogen-bond donors (Lipinski definition) is 3. The van der Waals surface area contributed by atoms with Gasteiger partial charge in [-0.3, -0.25) is 19.2 Å². The number of carbonyl (C=O) groups is 5. The molecule has 1 saturated heterocycles. The summed E-state index contributed by atoms with van der Waals surface area (Å²) in [6.45, 7) is 13.6. The molecule has 1 saturated carbocycles. The van der Waals surface area contributed by atoms with E-state index >= 15 is 0 Å². The Bertz CT molecular complexity index is 1220. The first kappa shape index (κ1) is 31.3. The van der Waals surface area contributed by atoms with Crippen LogP contribution in [0.5, 0.6) is 0 Å². The topological polar surface area (TPSA) is 134 Å². The SMILES string of the molecule is C=CCNC(=O)C(=O)C(CCC)NC(=O)[C@@H]1[C@@H]2[C@H](CN1C(=O)[C@@H](NC(=O)OC(C)C)C1Cc3ccccc3C1)C2(C)C. The minimum absolute atomic E-state index is 0.0996. The molecule has 1 aliphatic heterocycles. The van der Waals surface area contributed by atoms with Gasteiger partial charge in [0.1, 0.15) is 12.1 Å². The fourth-order valence-electron chi connectivity index (χ4n) is 6.80. The van der Waals surface area contributed by atoms with Crippen LogP contribution < -0.4 is 16.0 Å². The van der Waals surface area contributed by atoms with Gasteiger partial charge < -0.3 is 25.6 Å². The molecule has 3 aliphatic rings. The van der Waals surface area contributed by atoms with Crippen LogP contribution in [0.3, 0.4) is 0 Å². The van der Waals surface area contributed by atoms with Gasteiger partial charge >= 0.3 is 6.09 Å². The van der Waals surface area contributed by atoms with Crippen molar-refractivity contribution < 1.29 is 28.7 Å². The van der Waals surface area contributed by atoms with E-state index in [1.807, 2.05) is 31.2 Å². The van der Waals surface area contributed by atoms with E-state index in [2.05, 4.69) is 36.4 Å². The van der Waals surface area contributed by atoms with Crippen LogP contribution in [0.2, 0.25) is 0 Å². The van der Waals surface area contributed by atoms with Crippen LogP contribution in [0.1, 0.15) is 58.6 Å². The van der Waals surface area contributed by atoms with Crippen LogP contribution in [0.4, 0.5) is 4.79 Å². The number of Topliss-reactive ketones (excluding diaryl/α,β-unsaturated/α-hetero) is 1. The molecule has 10 nitrogen and oxygen atoms in total. The summed E-state index contributed by atoms with van der Waals surface area (Å²) in [5.41, 5.74) is 2.11. The van der Waals surface area contributed by atoms with Crippen molar-refractivity contribution in [2.24, 2.45) is 23.2 Å². The summed E-state index contributed by atoms with van der Waals surface area (Å²) in [5.74, 6) is -2.50. The van der Waals surface area contributed by atoms with Crippen LogP contribution in [0.15, 0.2) is 36.9 Å². The molecular formula is C32H44N4O6. The molecule has 10 heteroatoms. The predicted molar refractivity (Wildman–Crippen MR) is 157 cm³/mol. The summed E-state index contributed by atoms with van der Waals surface area (Å²) in [7, 11) is 0. The number of rotatable bonds is 12. The number of likely N-dealkylation sites (tertiary alicyclic amines) is 1. The molecule has 4 amide bonds. The average molecular weight is 581 g/mol. The van der Waals surface area contributed by atoms with E-state index in [9.17, 15) is 24.0 Å². The highest BCUT2D eigenvalue weighted by Gasteiger charge is 2.69. The lowest BCUT2D eigenvalue weighted by Gasteiger charge is -2.35. The highest BCUT2D eigenvalue weighted by atomic mass is 16.6. The normalized spacial score (nSPS) is 23.3. The molecule has 1 aromatic carbocycles. The molecule has 1 heterocycles. The van der Waals surface area contributed by atoms with Gasteiger partial charge in [-0.2, -0.15) is 0 Å². The van der Waals surface area contributed by atoms with E-state index in [0.29, 0.717) is 25.8 Å². The standard InChI is InChI=1S/C32H44N4O6/c1-7-11-23(27(37)29(39)33-14-8-2)34-28(38)26-24-22(32(24,5)6)17-36(26)30(40)25(35-31(41)42-18(3)4)21-15-19-12-9-10-13-20(19)16-21/h8-10,12-13,18,21-26H,2,7,11,14-17H2,1,3-6H3,(H,33,39)(H,34,38)(H,35,41)/t22-,23?,24-,25-,26-/m0/s1. The summed E-state index contributed by atoms with van der Waals surface area (Å²) in [4.78, 5) is 67.9. The Hall–Kier alpha value is -3.69. The molecule has 5 atom stereocenters. The molecular weight excluding hydrogens is 536 g/mol. The van der Waals surface area contributed by atoms with Crippen molar-refractivity contribution in [3.8, 4) is 0 Å². The number of carbonyl (C=O) groups excluding carboxylic acids is 5. The zero-order chi connectivity index (χ0) is 30.8. The number of nitrogens with zero attached hydrogens (tertiary/aromatic N) is 1. The lowest BCUT2D eigenvalue weighted by atomic mass is 9.93. The Morgan fingerprint density at radius 3 is 2.31 bits per heavy atom. The highest BCUT2D eigenvalue weighted by molar-refractivity contribution is 6.38. The Balaban J connectivity index is 1.58. The lowest BCUT2D eigenvalue weighted by Crippen LogP contribution is -2.59. The first-order valence-corrected chi connectivity index (χ1v) is 15.0. The van der Waals surface area contributed by atoms with Crippen molar-refractivity contribution in [3.63, 3.8) is 0 Å². The van der Waals surface area contributed by atoms with Crippen molar-refractivity contribution >= 4 is 29.6 Å². The van der Waals surface area contributed by atoms with Gasteiger partial charge in [0.25, 0.3) is 5.91 Å². The molecule has 42 heavy (non-hydrogen) atoms. The first-order valence-electron chi connectivity index (χ1n) is 15.0. The van der Waals surface area contributed by atoms with Gasteiger partial charge in [-0.05, 0) is 67.4 Å². The summed E-state index contributed by atoms with van der Waals surface area (Å²) < 4.78 is 5.34. The Labute approximate surface area is 248 Å². The molecule has 0 bridgehead atoms. The van der Waals surface area contributed by atoms with E-state index < -0.39 is 41.8 Å². The van der Waals surface area contributed by atoms with Gasteiger partial charge in [-0.25, -0.2) is 4.79 Å². The summed E-state index contributed by atoms with van der Waals surface area (Å²) >= 11 is 0. The van der Waals surface area contributed by atoms with Crippen molar-refractivity contribution in [2.75, 3.05) is 13.1 Å². The minimum Gasteiger partial charge on any atom is -0.447 e. The second kappa shape index (κ2) is 12.7. The fourth-order valence-corrected chi connectivity index (χ4v) is 6.80. The third-order valence-corrected chi connectivity index (χ3v) is 9.04. The van der Waals surface area contributed by atoms with Crippen LogP contribution in [-0.2, 0) is 36.8 Å². The number of piperidine rings is 1. The molecule has 2 fully saturated rings. The second-order valence-corrected chi connectivity index (χ2v) is 12.6. The zero-order valence-corrected chi connectivity index (χ0v) is 25.3. The van der Waals surface area contributed by atoms with Gasteiger partial charge in [-0.15, -0.1) is 6.58 Å². The molecule has 228 valence electrons. The molecule has 1 unspecified atom stereocenters. The summed E-state index contributed by atoms with van der Waals surface area (Å²) in [6.07, 6.45) is 2.52. The van der Waals surface area contributed by atoms with Crippen LogP contribution in [0, 0.1) is 23.2 Å². The van der Waals surface area contributed by atoms with E-state index in [0.717, 1.165) is 11.1 Å². The number of nitrogens with one attached hydrogen (secondary N) is 3. The van der Waals surface area contributed by atoms with Crippen molar-refractivity contribution in [3.05, 3.63) is 48.0 Å². The van der Waals surface area contributed by atoms with E-state index in [-0.39, 0.29) is 48.1 Å². The number of alkyl carbamates (subject to hydrolysis) is 1. The Morgan fingerprint density at radius 1 is 1.10 bits per heavy atom. The third kappa shape index (κ3) is 6.37. The monoisotopic (exact) mass is 580 g/mol. The van der Waals surface area contributed by atoms with Gasteiger partial charge in [0.05, 0.1) is 12.1 Å². The summed E-state index contributed by atoms with van der Waals surface area (Å²) in [5, 5.41) is 8.11. The number of ketones is 1. The van der Waals surface area contributed by atoms with Crippen LogP contribution in [0.25, 0.3) is 0 Å². The average Bonchev–Trinajstić information content (AvgIpc) is 3.31. The van der Waals surface area contributed by atoms with E-state index in [1.165, 1.54) is 6.08 Å². The minimum atomic E-state index is -1.01. The second-order valence-electron chi connectivity index (χ2n) is 12.6. The van der Waals surface area contributed by atoms with Gasteiger partial charge in [0.15, 0.2) is 0 Å².